The first-order chi connectivity index (χ1) is 12.6. The third kappa shape index (κ3) is 3.04. The number of carbonyl (C=O) groups is 1. The van der Waals surface area contributed by atoms with Gasteiger partial charge in [0, 0.05) is 17.6 Å². The van der Waals surface area contributed by atoms with E-state index in [4.69, 9.17) is 4.74 Å². The first-order valence-electron chi connectivity index (χ1n) is 7.97. The van der Waals surface area contributed by atoms with Crippen LogP contribution in [-0.4, -0.2) is 22.6 Å². The van der Waals surface area contributed by atoms with Gasteiger partial charge in [-0.1, -0.05) is 23.5 Å². The zero-order valence-corrected chi connectivity index (χ0v) is 14.7. The molecule has 0 saturated heterocycles. The monoisotopic (exact) mass is 365 g/mol. The van der Waals surface area contributed by atoms with Crippen LogP contribution in [-0.2, 0) is 11.3 Å². The highest BCUT2D eigenvalue weighted by molar-refractivity contribution is 7.22. The molecule has 0 fully saturated rings. The second-order valence-corrected chi connectivity index (χ2v) is 6.76. The summed E-state index contributed by atoms with van der Waals surface area (Å²) in [7, 11) is 1.61. The Kier molecular flexibility index (Phi) is 4.14. The van der Waals surface area contributed by atoms with Crippen LogP contribution in [0.4, 0.5) is 5.13 Å². The van der Waals surface area contributed by atoms with Crippen LogP contribution in [0.15, 0.2) is 59.5 Å². The van der Waals surface area contributed by atoms with E-state index in [-0.39, 0.29) is 17.9 Å². The van der Waals surface area contributed by atoms with Crippen LogP contribution in [0.25, 0.3) is 21.1 Å². The van der Waals surface area contributed by atoms with Crippen molar-refractivity contribution in [3.8, 4) is 5.75 Å². The summed E-state index contributed by atoms with van der Waals surface area (Å²) in [5.74, 6) is 0.545. The standard InChI is InChI=1S/C19H15N3O3S/c1-25-12-6-7-14-17(10-12)26-19(20-14)21-18(24)11-22-9-8-16(23)13-4-2-3-5-15(13)22/h2-10H,11H2,1H3,(H,20,21,24). The van der Waals surface area contributed by atoms with Gasteiger partial charge in [-0.3, -0.25) is 9.59 Å². The molecule has 7 heteroatoms. The molecule has 0 bridgehead atoms. The number of carbonyl (C=O) groups excluding carboxylic acids is 1. The highest BCUT2D eigenvalue weighted by atomic mass is 32.1. The number of nitrogens with one attached hydrogen (secondary N) is 1. The quantitative estimate of drug-likeness (QED) is 0.602. The number of para-hydroxylation sites is 1. The van der Waals surface area contributed by atoms with E-state index in [1.165, 1.54) is 17.4 Å². The molecule has 1 amide bonds. The number of fused-ring (bicyclic) bond motifs is 2. The van der Waals surface area contributed by atoms with Gasteiger partial charge in [0.2, 0.25) is 5.91 Å². The highest BCUT2D eigenvalue weighted by Gasteiger charge is 2.10. The van der Waals surface area contributed by atoms with E-state index in [0.29, 0.717) is 10.5 Å². The molecule has 0 aliphatic carbocycles. The molecule has 4 rings (SSSR count). The van der Waals surface area contributed by atoms with Crippen LogP contribution >= 0.6 is 11.3 Å². The molecule has 0 radical (unpaired) electrons. The summed E-state index contributed by atoms with van der Waals surface area (Å²) >= 11 is 1.39. The molecular formula is C19H15N3O3S. The zero-order chi connectivity index (χ0) is 18.1. The second kappa shape index (κ2) is 6.61. The Bertz CT molecular complexity index is 1180. The van der Waals surface area contributed by atoms with Gasteiger partial charge in [0.15, 0.2) is 10.6 Å². The minimum Gasteiger partial charge on any atom is -0.497 e. The number of amides is 1. The molecule has 6 nitrogen and oxygen atoms in total. The van der Waals surface area contributed by atoms with E-state index in [0.717, 1.165) is 21.5 Å². The largest absolute Gasteiger partial charge is 0.497 e. The number of benzene rings is 2. The Morgan fingerprint density at radius 3 is 2.92 bits per heavy atom. The summed E-state index contributed by atoms with van der Waals surface area (Å²) in [5, 5.41) is 3.95. The van der Waals surface area contributed by atoms with Crippen molar-refractivity contribution in [3.63, 3.8) is 0 Å². The summed E-state index contributed by atoms with van der Waals surface area (Å²) in [6.45, 7) is 0.0973. The normalized spacial score (nSPS) is 11.0. The number of aromatic nitrogens is 2. The third-order valence-corrected chi connectivity index (χ3v) is 4.97. The lowest BCUT2D eigenvalue weighted by atomic mass is 10.2. The molecule has 26 heavy (non-hydrogen) atoms. The van der Waals surface area contributed by atoms with Gasteiger partial charge in [0.05, 0.1) is 22.8 Å². The van der Waals surface area contributed by atoms with Gasteiger partial charge in [0.1, 0.15) is 12.3 Å². The van der Waals surface area contributed by atoms with E-state index < -0.39 is 0 Å². The van der Waals surface area contributed by atoms with Crippen molar-refractivity contribution in [2.24, 2.45) is 0 Å². The highest BCUT2D eigenvalue weighted by Crippen LogP contribution is 2.29. The van der Waals surface area contributed by atoms with Crippen LogP contribution < -0.4 is 15.5 Å². The lowest BCUT2D eigenvalue weighted by molar-refractivity contribution is -0.116. The predicted molar refractivity (Wildman–Crippen MR) is 103 cm³/mol. The Balaban J connectivity index is 1.58. The Morgan fingerprint density at radius 1 is 1.23 bits per heavy atom. The number of anilines is 1. The topological polar surface area (TPSA) is 73.2 Å². The number of ether oxygens (including phenoxy) is 1. The number of rotatable bonds is 4. The van der Waals surface area contributed by atoms with Gasteiger partial charge in [-0.05, 0) is 30.3 Å². The molecule has 130 valence electrons. The zero-order valence-electron chi connectivity index (χ0n) is 13.9. The number of methoxy groups -OCH3 is 1. The van der Waals surface area contributed by atoms with Crippen molar-refractivity contribution in [2.75, 3.05) is 12.4 Å². The average molecular weight is 365 g/mol. The van der Waals surface area contributed by atoms with E-state index in [1.54, 1.807) is 23.9 Å². The number of pyridine rings is 1. The van der Waals surface area contributed by atoms with Crippen molar-refractivity contribution in [2.45, 2.75) is 6.54 Å². The van der Waals surface area contributed by atoms with Gasteiger partial charge >= 0.3 is 0 Å². The van der Waals surface area contributed by atoms with E-state index in [2.05, 4.69) is 10.3 Å². The van der Waals surface area contributed by atoms with Crippen molar-refractivity contribution < 1.29 is 9.53 Å². The average Bonchev–Trinajstić information content (AvgIpc) is 3.05. The van der Waals surface area contributed by atoms with Crippen molar-refractivity contribution in [1.82, 2.24) is 9.55 Å². The Hall–Kier alpha value is -3.19. The molecule has 0 saturated carbocycles. The van der Waals surface area contributed by atoms with Crippen LogP contribution in [0.5, 0.6) is 5.75 Å². The molecular weight excluding hydrogens is 350 g/mol. The van der Waals surface area contributed by atoms with Crippen molar-refractivity contribution in [3.05, 3.63) is 65.0 Å². The van der Waals surface area contributed by atoms with Gasteiger partial charge < -0.3 is 14.6 Å². The van der Waals surface area contributed by atoms with Crippen LogP contribution in [0.2, 0.25) is 0 Å². The lowest BCUT2D eigenvalue weighted by Crippen LogP contribution is -2.20. The van der Waals surface area contributed by atoms with Crippen LogP contribution in [0, 0.1) is 0 Å². The maximum Gasteiger partial charge on any atom is 0.246 e. The predicted octanol–water partition coefficient (Wildman–Crippen LogP) is 3.26. The fourth-order valence-electron chi connectivity index (χ4n) is 2.80. The summed E-state index contributed by atoms with van der Waals surface area (Å²) < 4.78 is 7.90. The second-order valence-electron chi connectivity index (χ2n) is 5.73. The number of thiazole rings is 1. The minimum absolute atomic E-state index is 0.0580. The first kappa shape index (κ1) is 16.3. The first-order valence-corrected chi connectivity index (χ1v) is 8.78. The maximum absolute atomic E-state index is 12.4. The number of nitrogens with zero attached hydrogens (tertiary/aromatic N) is 2. The smallest absolute Gasteiger partial charge is 0.246 e. The molecule has 2 heterocycles. The minimum atomic E-state index is -0.204. The summed E-state index contributed by atoms with van der Waals surface area (Å²) in [5.41, 5.74) is 1.47. The third-order valence-electron chi connectivity index (χ3n) is 4.04. The molecule has 0 atom stereocenters. The number of hydrogen-bond acceptors (Lipinski definition) is 5. The fourth-order valence-corrected chi connectivity index (χ4v) is 3.71. The van der Waals surface area contributed by atoms with Crippen molar-refractivity contribution >= 4 is 43.5 Å². The number of hydrogen-bond donors (Lipinski definition) is 1. The Morgan fingerprint density at radius 2 is 2.08 bits per heavy atom. The van der Waals surface area contributed by atoms with E-state index in [9.17, 15) is 9.59 Å². The fraction of sp³-hybridized carbons (Fsp3) is 0.105. The molecule has 0 unspecified atom stereocenters. The van der Waals surface area contributed by atoms with E-state index in [1.807, 2.05) is 36.4 Å². The lowest BCUT2D eigenvalue weighted by Gasteiger charge is -2.09. The van der Waals surface area contributed by atoms with Crippen LogP contribution in [0.1, 0.15) is 0 Å². The molecule has 0 aliphatic rings. The van der Waals surface area contributed by atoms with Gasteiger partial charge in [-0.25, -0.2) is 4.98 Å². The van der Waals surface area contributed by atoms with Gasteiger partial charge in [-0.15, -0.1) is 0 Å². The molecule has 0 spiro atoms. The summed E-state index contributed by atoms with van der Waals surface area (Å²) in [4.78, 5) is 28.8. The summed E-state index contributed by atoms with van der Waals surface area (Å²) in [6, 6.07) is 14.3. The summed E-state index contributed by atoms with van der Waals surface area (Å²) in [6.07, 6.45) is 1.63. The Labute approximate surface area is 152 Å². The molecule has 0 aliphatic heterocycles. The van der Waals surface area contributed by atoms with Crippen molar-refractivity contribution in [1.29, 1.82) is 0 Å². The van der Waals surface area contributed by atoms with Gasteiger partial charge in [0.25, 0.3) is 0 Å². The van der Waals surface area contributed by atoms with E-state index >= 15 is 0 Å². The SMILES string of the molecule is COc1ccc2nc(NC(=O)Cn3ccc(=O)c4ccccc43)sc2c1. The van der Waals surface area contributed by atoms with Gasteiger partial charge in [-0.2, -0.15) is 0 Å². The molecule has 2 aromatic heterocycles. The maximum atomic E-state index is 12.4. The van der Waals surface area contributed by atoms with Crippen LogP contribution in [0.3, 0.4) is 0 Å². The molecule has 2 aromatic carbocycles. The molecule has 1 N–H and O–H groups in total. The molecule has 4 aromatic rings.